The molecule has 0 atom stereocenters. The van der Waals surface area contributed by atoms with Crippen molar-refractivity contribution in [2.24, 2.45) is 11.8 Å². The van der Waals surface area contributed by atoms with Gasteiger partial charge in [-0.05, 0) is 106 Å². The van der Waals surface area contributed by atoms with Gasteiger partial charge in [-0.2, -0.15) is 4.98 Å². The van der Waals surface area contributed by atoms with Crippen molar-refractivity contribution in [2.75, 3.05) is 36.8 Å². The zero-order chi connectivity index (χ0) is 32.6. The molecule has 0 bridgehead atoms. The molecule has 5 rings (SSSR count). The predicted molar refractivity (Wildman–Crippen MR) is 185 cm³/mol. The first-order chi connectivity index (χ1) is 22.1. The van der Waals surface area contributed by atoms with Gasteiger partial charge in [-0.25, -0.2) is 22.9 Å². The Morgan fingerprint density at radius 1 is 0.826 bits per heavy atom. The highest BCUT2D eigenvalue weighted by atomic mass is 32.2. The first kappa shape index (κ1) is 33.4. The van der Waals surface area contributed by atoms with Crippen molar-refractivity contribution in [3.63, 3.8) is 0 Å². The summed E-state index contributed by atoms with van der Waals surface area (Å²) in [7, 11) is -3.56. The van der Waals surface area contributed by atoms with E-state index in [-0.39, 0.29) is 0 Å². The SMILES string of the molecule is CC(C)(C)OC(=O)NCCCCNc1nc(NCC2CCC(CNS(=O)(=O)c3ccc4ccccc4c3)CC2)nc2ccccc12. The highest BCUT2D eigenvalue weighted by Gasteiger charge is 2.24. The molecule has 1 fully saturated rings. The third-order valence-electron chi connectivity index (χ3n) is 8.28. The molecule has 1 amide bonds. The van der Waals surface area contributed by atoms with Gasteiger partial charge in [0.15, 0.2) is 0 Å². The number of rotatable bonds is 13. The van der Waals surface area contributed by atoms with Gasteiger partial charge in [-0.3, -0.25) is 0 Å². The van der Waals surface area contributed by atoms with E-state index >= 15 is 0 Å². The summed E-state index contributed by atoms with van der Waals surface area (Å²) in [4.78, 5) is 21.7. The fourth-order valence-corrected chi connectivity index (χ4v) is 6.92. The third-order valence-corrected chi connectivity index (χ3v) is 9.70. The average Bonchev–Trinajstić information content (AvgIpc) is 3.03. The third kappa shape index (κ3) is 9.53. The number of carbonyl (C=O) groups is 1. The number of aromatic nitrogens is 2. The number of anilines is 2. The Balaban J connectivity index is 1.06. The van der Waals surface area contributed by atoms with Gasteiger partial charge < -0.3 is 20.7 Å². The topological polar surface area (TPSA) is 134 Å². The molecule has 0 saturated heterocycles. The summed E-state index contributed by atoms with van der Waals surface area (Å²) in [6.45, 7) is 8.03. The maximum absolute atomic E-state index is 13.0. The summed E-state index contributed by atoms with van der Waals surface area (Å²) in [5, 5.41) is 12.6. The first-order valence-electron chi connectivity index (χ1n) is 16.3. The van der Waals surface area contributed by atoms with E-state index in [1.165, 1.54) is 0 Å². The van der Waals surface area contributed by atoms with Gasteiger partial charge in [0.25, 0.3) is 0 Å². The largest absolute Gasteiger partial charge is 0.444 e. The second-order valence-corrected chi connectivity index (χ2v) is 14.9. The summed E-state index contributed by atoms with van der Waals surface area (Å²) >= 11 is 0. The van der Waals surface area contributed by atoms with Gasteiger partial charge in [-0.1, -0.05) is 42.5 Å². The van der Waals surface area contributed by atoms with E-state index in [1.54, 1.807) is 12.1 Å². The molecule has 246 valence electrons. The van der Waals surface area contributed by atoms with E-state index < -0.39 is 21.7 Å². The number of nitrogens with one attached hydrogen (secondary N) is 4. The summed E-state index contributed by atoms with van der Waals surface area (Å²) in [5.41, 5.74) is 0.365. The van der Waals surface area contributed by atoms with E-state index in [2.05, 4.69) is 20.7 Å². The van der Waals surface area contributed by atoms with Crippen LogP contribution in [-0.2, 0) is 14.8 Å². The highest BCUT2D eigenvalue weighted by molar-refractivity contribution is 7.89. The zero-order valence-electron chi connectivity index (χ0n) is 27.0. The van der Waals surface area contributed by atoms with Crippen LogP contribution in [0, 0.1) is 11.8 Å². The molecule has 46 heavy (non-hydrogen) atoms. The number of ether oxygens (including phenoxy) is 1. The summed E-state index contributed by atoms with van der Waals surface area (Å²) < 4.78 is 34.1. The molecule has 1 heterocycles. The maximum atomic E-state index is 13.0. The lowest BCUT2D eigenvalue weighted by molar-refractivity contribution is 0.0527. The van der Waals surface area contributed by atoms with Gasteiger partial charge in [0.05, 0.1) is 10.4 Å². The van der Waals surface area contributed by atoms with Gasteiger partial charge >= 0.3 is 6.09 Å². The number of benzene rings is 3. The zero-order valence-corrected chi connectivity index (χ0v) is 27.8. The molecule has 10 nitrogen and oxygen atoms in total. The molecule has 0 spiro atoms. The Labute approximate surface area is 272 Å². The lowest BCUT2D eigenvalue weighted by Gasteiger charge is -2.28. The normalized spacial score (nSPS) is 17.1. The van der Waals surface area contributed by atoms with Crippen molar-refractivity contribution in [1.82, 2.24) is 20.0 Å². The number of alkyl carbamates (subject to hydrolysis) is 1. The van der Waals surface area contributed by atoms with Crippen molar-refractivity contribution in [1.29, 1.82) is 0 Å². The van der Waals surface area contributed by atoms with E-state index in [4.69, 9.17) is 14.7 Å². The Bertz CT molecular complexity index is 1730. The van der Waals surface area contributed by atoms with Crippen LogP contribution >= 0.6 is 0 Å². The minimum Gasteiger partial charge on any atom is -0.444 e. The number of sulfonamides is 1. The van der Waals surface area contributed by atoms with Crippen LogP contribution in [0.4, 0.5) is 16.6 Å². The molecular formula is C35H46N6O4S. The van der Waals surface area contributed by atoms with E-state index in [1.807, 2.05) is 75.4 Å². The molecule has 1 saturated carbocycles. The highest BCUT2D eigenvalue weighted by Crippen LogP contribution is 2.30. The first-order valence-corrected chi connectivity index (χ1v) is 17.7. The van der Waals surface area contributed by atoms with Crippen molar-refractivity contribution in [3.8, 4) is 0 Å². The van der Waals surface area contributed by atoms with Crippen LogP contribution < -0.4 is 20.7 Å². The Hall–Kier alpha value is -3.96. The molecule has 0 aliphatic heterocycles. The molecule has 1 aliphatic carbocycles. The smallest absolute Gasteiger partial charge is 0.407 e. The number of fused-ring (bicyclic) bond motifs is 2. The second kappa shape index (κ2) is 15.1. The minimum absolute atomic E-state index is 0.309. The van der Waals surface area contributed by atoms with Crippen molar-refractivity contribution in [3.05, 3.63) is 66.7 Å². The summed E-state index contributed by atoms with van der Waals surface area (Å²) in [5.74, 6) is 2.17. The molecule has 1 aromatic heterocycles. The minimum atomic E-state index is -3.56. The fourth-order valence-electron chi connectivity index (χ4n) is 5.77. The van der Waals surface area contributed by atoms with Crippen LogP contribution in [0.1, 0.15) is 59.3 Å². The predicted octanol–water partition coefficient (Wildman–Crippen LogP) is 6.70. The lowest BCUT2D eigenvalue weighted by Crippen LogP contribution is -2.33. The van der Waals surface area contributed by atoms with Crippen LogP contribution in [0.5, 0.6) is 0 Å². The number of hydrogen-bond donors (Lipinski definition) is 4. The van der Waals surface area contributed by atoms with Crippen molar-refractivity contribution >= 4 is 49.6 Å². The molecule has 3 aromatic carbocycles. The summed E-state index contributed by atoms with van der Waals surface area (Å²) in [6, 6.07) is 21.0. The number of nitrogens with zero attached hydrogens (tertiary/aromatic N) is 2. The molecule has 1 aliphatic rings. The quantitative estimate of drug-likeness (QED) is 0.118. The molecular weight excluding hydrogens is 600 g/mol. The van der Waals surface area contributed by atoms with Crippen LogP contribution in [0.25, 0.3) is 21.7 Å². The van der Waals surface area contributed by atoms with Crippen LogP contribution in [0.15, 0.2) is 71.6 Å². The average molecular weight is 647 g/mol. The van der Waals surface area contributed by atoms with Crippen molar-refractivity contribution in [2.45, 2.75) is 69.8 Å². The van der Waals surface area contributed by atoms with E-state index in [9.17, 15) is 13.2 Å². The van der Waals surface area contributed by atoms with Crippen LogP contribution in [0.3, 0.4) is 0 Å². The van der Waals surface area contributed by atoms with Gasteiger partial charge in [0, 0.05) is 31.6 Å². The maximum Gasteiger partial charge on any atom is 0.407 e. The standard InChI is InChI=1S/C35H46N6O4S/c1-35(2,3)45-34(42)37-21-9-8-20-36-32-30-12-6-7-13-31(30)40-33(41-32)38-23-25-14-16-26(17-15-25)24-39-46(43,44)29-19-18-27-10-4-5-11-28(27)22-29/h4-7,10-13,18-19,22,25-26,39H,8-9,14-17,20-21,23-24H2,1-3H3,(H,37,42)(H2,36,38,40,41). The van der Waals surface area contributed by atoms with Gasteiger partial charge in [0.1, 0.15) is 11.4 Å². The monoisotopic (exact) mass is 646 g/mol. The van der Waals surface area contributed by atoms with E-state index in [0.29, 0.717) is 42.3 Å². The van der Waals surface area contributed by atoms with Crippen molar-refractivity contribution < 1.29 is 17.9 Å². The number of hydrogen-bond acceptors (Lipinski definition) is 8. The lowest BCUT2D eigenvalue weighted by atomic mass is 9.82. The number of amides is 1. The van der Waals surface area contributed by atoms with Crippen LogP contribution in [-0.4, -0.2) is 56.3 Å². The number of para-hydroxylation sites is 1. The Kier molecular flexibility index (Phi) is 11.0. The molecule has 0 unspecified atom stereocenters. The Morgan fingerprint density at radius 2 is 1.50 bits per heavy atom. The van der Waals surface area contributed by atoms with Gasteiger partial charge in [-0.15, -0.1) is 0 Å². The molecule has 4 N–H and O–H groups in total. The number of carbonyl (C=O) groups excluding carboxylic acids is 1. The fraction of sp³-hybridized carbons (Fsp3) is 0.457. The summed E-state index contributed by atoms with van der Waals surface area (Å²) in [6.07, 6.45) is 5.26. The second-order valence-electron chi connectivity index (χ2n) is 13.1. The van der Waals surface area contributed by atoms with E-state index in [0.717, 1.165) is 72.6 Å². The molecule has 0 radical (unpaired) electrons. The molecule has 11 heteroatoms. The number of unbranched alkanes of at least 4 members (excludes halogenated alkanes) is 1. The van der Waals surface area contributed by atoms with Crippen LogP contribution in [0.2, 0.25) is 0 Å². The Morgan fingerprint density at radius 3 is 2.26 bits per heavy atom. The van der Waals surface area contributed by atoms with Gasteiger partial charge in [0.2, 0.25) is 16.0 Å². The molecule has 4 aromatic rings.